The van der Waals surface area contributed by atoms with Crippen LogP contribution in [0, 0.1) is 6.92 Å². The molecule has 3 N–H and O–H groups in total. The number of benzene rings is 1. The fourth-order valence-electron chi connectivity index (χ4n) is 2.45. The maximum Gasteiger partial charge on any atom is 0.263 e. The van der Waals surface area contributed by atoms with E-state index in [0.717, 1.165) is 11.3 Å². The lowest BCUT2D eigenvalue weighted by atomic mass is 10.1. The molecule has 0 atom stereocenters. The molecule has 0 aliphatic heterocycles. The summed E-state index contributed by atoms with van der Waals surface area (Å²) < 4.78 is 22.5. The molecule has 27 heavy (non-hydrogen) atoms. The summed E-state index contributed by atoms with van der Waals surface area (Å²) in [5.74, 6) is -0.187. The fraction of sp³-hybridized carbons (Fsp3) is 0.167. The summed E-state index contributed by atoms with van der Waals surface area (Å²) in [7, 11) is -3.70. The molecule has 0 aliphatic carbocycles. The van der Waals surface area contributed by atoms with Crippen molar-refractivity contribution in [1.82, 2.24) is 15.3 Å². The Kier molecular flexibility index (Phi) is 5.64. The molecule has 2 heterocycles. The molecule has 0 saturated carbocycles. The molecule has 1 aromatic carbocycles. The van der Waals surface area contributed by atoms with Crippen LogP contribution in [-0.4, -0.2) is 30.8 Å². The number of hydrogen-bond donors (Lipinski definition) is 2. The van der Waals surface area contributed by atoms with Gasteiger partial charge in [-0.15, -0.1) is 11.3 Å². The van der Waals surface area contributed by atoms with Gasteiger partial charge in [-0.2, -0.15) is 0 Å². The van der Waals surface area contributed by atoms with Gasteiger partial charge in [0.25, 0.3) is 5.91 Å². The molecule has 0 aliphatic rings. The number of thiazole rings is 1. The van der Waals surface area contributed by atoms with Crippen LogP contribution in [0.25, 0.3) is 10.7 Å². The van der Waals surface area contributed by atoms with E-state index in [0.29, 0.717) is 28.5 Å². The van der Waals surface area contributed by atoms with Crippen molar-refractivity contribution < 1.29 is 13.2 Å². The van der Waals surface area contributed by atoms with Crippen LogP contribution in [0.4, 0.5) is 0 Å². The lowest BCUT2D eigenvalue weighted by Gasteiger charge is -2.05. The zero-order valence-corrected chi connectivity index (χ0v) is 16.2. The predicted molar refractivity (Wildman–Crippen MR) is 104 cm³/mol. The number of nitrogens with zero attached hydrogens (tertiary/aromatic N) is 2. The van der Waals surface area contributed by atoms with Gasteiger partial charge in [-0.05, 0) is 43.2 Å². The third kappa shape index (κ3) is 4.76. The van der Waals surface area contributed by atoms with Crippen molar-refractivity contribution in [2.45, 2.75) is 18.2 Å². The molecule has 3 aromatic rings. The molecular weight excluding hydrogens is 384 g/mol. The number of pyridine rings is 1. The van der Waals surface area contributed by atoms with E-state index in [1.807, 2.05) is 18.2 Å². The van der Waals surface area contributed by atoms with Crippen LogP contribution < -0.4 is 10.5 Å². The van der Waals surface area contributed by atoms with E-state index in [1.54, 1.807) is 25.3 Å². The molecule has 2 aromatic heterocycles. The number of carbonyl (C=O) groups excluding carboxylic acids is 1. The van der Waals surface area contributed by atoms with Gasteiger partial charge < -0.3 is 5.32 Å². The molecule has 7 nitrogen and oxygen atoms in total. The number of carbonyl (C=O) groups is 1. The Morgan fingerprint density at radius 1 is 1.19 bits per heavy atom. The van der Waals surface area contributed by atoms with E-state index < -0.39 is 10.0 Å². The minimum Gasteiger partial charge on any atom is -0.351 e. The Bertz CT molecular complexity index is 1050. The van der Waals surface area contributed by atoms with Gasteiger partial charge in [0, 0.05) is 12.7 Å². The average Bonchev–Trinajstić information content (AvgIpc) is 3.04. The van der Waals surface area contributed by atoms with Gasteiger partial charge in [0.1, 0.15) is 9.88 Å². The standard InChI is InChI=1S/C18H18N4O3S2/c1-12-16(26-18(22-12)15-4-2-3-10-20-15)17(23)21-11-9-13-5-7-14(8-6-13)27(19,24)25/h2-8,10H,9,11H2,1H3,(H,21,23)(H2,19,24,25). The predicted octanol–water partition coefficient (Wildman–Crippen LogP) is 2.13. The quantitative estimate of drug-likeness (QED) is 0.655. The van der Waals surface area contributed by atoms with Crippen LogP contribution >= 0.6 is 11.3 Å². The van der Waals surface area contributed by atoms with Gasteiger partial charge in [-0.25, -0.2) is 18.5 Å². The van der Waals surface area contributed by atoms with Crippen molar-refractivity contribution >= 4 is 27.3 Å². The zero-order chi connectivity index (χ0) is 19.4. The van der Waals surface area contributed by atoms with Gasteiger partial charge in [0.2, 0.25) is 10.0 Å². The van der Waals surface area contributed by atoms with Gasteiger partial charge >= 0.3 is 0 Å². The van der Waals surface area contributed by atoms with E-state index in [4.69, 9.17) is 5.14 Å². The van der Waals surface area contributed by atoms with Gasteiger partial charge in [0.05, 0.1) is 16.3 Å². The minimum absolute atomic E-state index is 0.0672. The number of sulfonamides is 1. The lowest BCUT2D eigenvalue weighted by molar-refractivity contribution is 0.0957. The minimum atomic E-state index is -3.70. The van der Waals surface area contributed by atoms with Crippen molar-refractivity contribution in [3.63, 3.8) is 0 Å². The first-order valence-corrected chi connectivity index (χ1v) is 10.5. The fourth-order valence-corrected chi connectivity index (χ4v) is 3.93. The Morgan fingerprint density at radius 3 is 2.56 bits per heavy atom. The highest BCUT2D eigenvalue weighted by molar-refractivity contribution is 7.89. The van der Waals surface area contributed by atoms with Crippen molar-refractivity contribution in [1.29, 1.82) is 0 Å². The first-order valence-electron chi connectivity index (χ1n) is 8.13. The van der Waals surface area contributed by atoms with Crippen LogP contribution in [-0.2, 0) is 16.4 Å². The van der Waals surface area contributed by atoms with E-state index in [9.17, 15) is 13.2 Å². The molecule has 0 saturated heterocycles. The van der Waals surface area contributed by atoms with Gasteiger partial charge in [-0.1, -0.05) is 18.2 Å². The summed E-state index contributed by atoms with van der Waals surface area (Å²) >= 11 is 1.31. The Labute approximate surface area is 161 Å². The highest BCUT2D eigenvalue weighted by Gasteiger charge is 2.16. The number of nitrogens with two attached hydrogens (primary N) is 1. The summed E-state index contributed by atoms with van der Waals surface area (Å²) in [4.78, 5) is 21.7. The first-order chi connectivity index (χ1) is 12.8. The zero-order valence-electron chi connectivity index (χ0n) is 14.5. The van der Waals surface area contributed by atoms with E-state index in [-0.39, 0.29) is 10.8 Å². The number of amides is 1. The summed E-state index contributed by atoms with van der Waals surface area (Å²) in [6, 6.07) is 11.8. The number of primary sulfonamides is 1. The first kappa shape index (κ1) is 19.2. The third-order valence-electron chi connectivity index (χ3n) is 3.84. The Hall–Kier alpha value is -2.62. The molecule has 0 fully saturated rings. The van der Waals surface area contributed by atoms with Crippen molar-refractivity contribution in [2.75, 3.05) is 6.54 Å². The maximum atomic E-state index is 12.4. The van der Waals surface area contributed by atoms with Crippen molar-refractivity contribution in [2.24, 2.45) is 5.14 Å². The van der Waals surface area contributed by atoms with E-state index in [2.05, 4.69) is 15.3 Å². The van der Waals surface area contributed by atoms with Crippen LogP contribution in [0.5, 0.6) is 0 Å². The largest absolute Gasteiger partial charge is 0.351 e. The van der Waals surface area contributed by atoms with E-state index in [1.165, 1.54) is 23.5 Å². The summed E-state index contributed by atoms with van der Waals surface area (Å²) in [6.07, 6.45) is 2.26. The van der Waals surface area contributed by atoms with Crippen LogP contribution in [0.15, 0.2) is 53.6 Å². The summed E-state index contributed by atoms with van der Waals surface area (Å²) in [6.45, 7) is 2.22. The monoisotopic (exact) mass is 402 g/mol. The highest BCUT2D eigenvalue weighted by Crippen LogP contribution is 2.26. The number of hydrogen-bond acceptors (Lipinski definition) is 6. The van der Waals surface area contributed by atoms with Crippen LogP contribution in [0.1, 0.15) is 20.9 Å². The average molecular weight is 403 g/mol. The summed E-state index contributed by atoms with van der Waals surface area (Å²) in [5, 5.41) is 8.65. The molecule has 0 bridgehead atoms. The molecule has 1 amide bonds. The Balaban J connectivity index is 1.61. The second-order valence-corrected chi connectivity index (χ2v) is 8.40. The number of aromatic nitrogens is 2. The number of nitrogens with one attached hydrogen (secondary N) is 1. The van der Waals surface area contributed by atoms with Crippen molar-refractivity contribution in [3.05, 3.63) is 64.8 Å². The molecule has 0 spiro atoms. The molecule has 3 rings (SSSR count). The van der Waals surface area contributed by atoms with E-state index >= 15 is 0 Å². The third-order valence-corrected chi connectivity index (χ3v) is 5.95. The lowest BCUT2D eigenvalue weighted by Crippen LogP contribution is -2.25. The second kappa shape index (κ2) is 7.95. The normalized spacial score (nSPS) is 11.3. The van der Waals surface area contributed by atoms with Crippen LogP contribution in [0.2, 0.25) is 0 Å². The summed E-state index contributed by atoms with van der Waals surface area (Å²) in [5.41, 5.74) is 2.30. The number of aryl methyl sites for hydroxylation is 1. The van der Waals surface area contributed by atoms with Crippen LogP contribution in [0.3, 0.4) is 0 Å². The second-order valence-electron chi connectivity index (χ2n) is 5.84. The SMILES string of the molecule is Cc1nc(-c2ccccn2)sc1C(=O)NCCc1ccc(S(N)(=O)=O)cc1. The maximum absolute atomic E-state index is 12.4. The molecule has 0 radical (unpaired) electrons. The van der Waals surface area contributed by atoms with Gasteiger partial charge in [-0.3, -0.25) is 9.78 Å². The molecular formula is C18H18N4O3S2. The van der Waals surface area contributed by atoms with Crippen molar-refractivity contribution in [3.8, 4) is 10.7 Å². The van der Waals surface area contributed by atoms with Gasteiger partial charge in [0.15, 0.2) is 0 Å². The number of rotatable bonds is 6. The molecule has 9 heteroatoms. The highest BCUT2D eigenvalue weighted by atomic mass is 32.2. The molecule has 140 valence electrons. The smallest absolute Gasteiger partial charge is 0.263 e. The Morgan fingerprint density at radius 2 is 1.93 bits per heavy atom. The topological polar surface area (TPSA) is 115 Å². The molecule has 0 unspecified atom stereocenters.